The molecule has 19 heavy (non-hydrogen) atoms. The van der Waals surface area contributed by atoms with Crippen LogP contribution in [0.2, 0.25) is 0 Å². The SMILES string of the molecule is COc1cccc(C#N)c1NC(=O)C(C)C1CNC1. The Morgan fingerprint density at radius 1 is 1.58 bits per heavy atom. The maximum Gasteiger partial charge on any atom is 0.227 e. The summed E-state index contributed by atoms with van der Waals surface area (Å²) in [5.74, 6) is 0.705. The molecule has 1 heterocycles. The predicted octanol–water partition coefficient (Wildman–Crippen LogP) is 1.36. The van der Waals surface area contributed by atoms with Crippen LogP contribution in [0.1, 0.15) is 12.5 Å². The van der Waals surface area contributed by atoms with Gasteiger partial charge in [0.1, 0.15) is 17.5 Å². The van der Waals surface area contributed by atoms with Crippen LogP contribution >= 0.6 is 0 Å². The summed E-state index contributed by atoms with van der Waals surface area (Å²) in [5.41, 5.74) is 0.864. The number of hydrogen-bond donors (Lipinski definition) is 2. The Balaban J connectivity index is 2.18. The molecule has 100 valence electrons. The molecule has 0 spiro atoms. The molecule has 1 aromatic rings. The normalized spacial score (nSPS) is 16.1. The number of nitrogens with one attached hydrogen (secondary N) is 2. The number of hydrogen-bond acceptors (Lipinski definition) is 4. The Kier molecular flexibility index (Phi) is 4.03. The molecule has 5 heteroatoms. The van der Waals surface area contributed by atoms with Gasteiger partial charge < -0.3 is 15.4 Å². The second-order valence-corrected chi connectivity index (χ2v) is 4.69. The zero-order chi connectivity index (χ0) is 13.8. The van der Waals surface area contributed by atoms with Crippen molar-refractivity contribution in [3.05, 3.63) is 23.8 Å². The molecule has 1 atom stereocenters. The molecule has 1 saturated heterocycles. The second kappa shape index (κ2) is 5.72. The van der Waals surface area contributed by atoms with Gasteiger partial charge in [0.25, 0.3) is 0 Å². The highest BCUT2D eigenvalue weighted by atomic mass is 16.5. The smallest absolute Gasteiger partial charge is 0.227 e. The predicted molar refractivity (Wildman–Crippen MR) is 71.9 cm³/mol. The van der Waals surface area contributed by atoms with E-state index in [2.05, 4.69) is 16.7 Å². The Bertz CT molecular complexity index is 518. The number of nitriles is 1. The van der Waals surface area contributed by atoms with Gasteiger partial charge in [0.15, 0.2) is 0 Å². The average Bonchev–Trinajstić information content (AvgIpc) is 2.36. The first-order chi connectivity index (χ1) is 9.17. The highest BCUT2D eigenvalue weighted by molar-refractivity contribution is 5.95. The molecule has 0 bridgehead atoms. The van der Waals surface area contributed by atoms with Gasteiger partial charge in [0.2, 0.25) is 5.91 Å². The van der Waals surface area contributed by atoms with Gasteiger partial charge in [-0.05, 0) is 31.1 Å². The fourth-order valence-electron chi connectivity index (χ4n) is 2.04. The van der Waals surface area contributed by atoms with Crippen molar-refractivity contribution in [1.82, 2.24) is 5.32 Å². The maximum absolute atomic E-state index is 12.2. The highest BCUT2D eigenvalue weighted by Gasteiger charge is 2.29. The van der Waals surface area contributed by atoms with Gasteiger partial charge in [-0.1, -0.05) is 13.0 Å². The van der Waals surface area contributed by atoms with Crippen LogP contribution in [0.25, 0.3) is 0 Å². The number of ether oxygens (including phenoxy) is 1. The summed E-state index contributed by atoms with van der Waals surface area (Å²) in [4.78, 5) is 12.2. The number of rotatable bonds is 4. The Morgan fingerprint density at radius 3 is 2.84 bits per heavy atom. The minimum Gasteiger partial charge on any atom is -0.495 e. The first-order valence-corrected chi connectivity index (χ1v) is 6.26. The van der Waals surface area contributed by atoms with Crippen LogP contribution < -0.4 is 15.4 Å². The van der Waals surface area contributed by atoms with Crippen LogP contribution in [0.4, 0.5) is 5.69 Å². The molecule has 0 aromatic heterocycles. The van der Waals surface area contributed by atoms with Gasteiger partial charge in [-0.25, -0.2) is 0 Å². The Hall–Kier alpha value is -2.06. The minimum absolute atomic E-state index is 0.0764. The lowest BCUT2D eigenvalue weighted by Crippen LogP contribution is -2.48. The molecule has 5 nitrogen and oxygen atoms in total. The Labute approximate surface area is 112 Å². The number of benzene rings is 1. The summed E-state index contributed by atoms with van der Waals surface area (Å²) < 4.78 is 5.19. The number of methoxy groups -OCH3 is 1. The lowest BCUT2D eigenvalue weighted by molar-refractivity contribution is -0.121. The van der Waals surface area contributed by atoms with E-state index in [1.807, 2.05) is 6.92 Å². The molecule has 0 aliphatic carbocycles. The summed E-state index contributed by atoms with van der Waals surface area (Å²) in [6.45, 7) is 3.64. The van der Waals surface area contributed by atoms with E-state index in [0.717, 1.165) is 13.1 Å². The summed E-state index contributed by atoms with van der Waals surface area (Å²) >= 11 is 0. The number of carbonyl (C=O) groups excluding carboxylic acids is 1. The Morgan fingerprint density at radius 2 is 2.32 bits per heavy atom. The number of amides is 1. The zero-order valence-electron chi connectivity index (χ0n) is 11.1. The molecule has 1 aliphatic rings. The van der Waals surface area contributed by atoms with Crippen LogP contribution in [0, 0.1) is 23.2 Å². The molecule has 1 aliphatic heterocycles. The molecule has 2 N–H and O–H groups in total. The van der Waals surface area contributed by atoms with Gasteiger partial charge in [0, 0.05) is 5.92 Å². The van der Waals surface area contributed by atoms with E-state index in [1.165, 1.54) is 7.11 Å². The van der Waals surface area contributed by atoms with Gasteiger partial charge in [-0.2, -0.15) is 5.26 Å². The van der Waals surface area contributed by atoms with Crippen LogP contribution in [0.3, 0.4) is 0 Å². The molecular weight excluding hydrogens is 242 g/mol. The largest absolute Gasteiger partial charge is 0.495 e. The monoisotopic (exact) mass is 259 g/mol. The van der Waals surface area contributed by atoms with Crippen molar-refractivity contribution >= 4 is 11.6 Å². The van der Waals surface area contributed by atoms with Crippen LogP contribution in [-0.4, -0.2) is 26.1 Å². The van der Waals surface area contributed by atoms with Crippen molar-refractivity contribution in [2.24, 2.45) is 11.8 Å². The first-order valence-electron chi connectivity index (χ1n) is 6.26. The van der Waals surface area contributed by atoms with Crippen molar-refractivity contribution in [2.75, 3.05) is 25.5 Å². The van der Waals surface area contributed by atoms with E-state index in [9.17, 15) is 4.79 Å². The van der Waals surface area contributed by atoms with Crippen molar-refractivity contribution < 1.29 is 9.53 Å². The van der Waals surface area contributed by atoms with Gasteiger partial charge in [-0.3, -0.25) is 4.79 Å². The fourth-order valence-corrected chi connectivity index (χ4v) is 2.04. The standard InChI is InChI=1S/C14H17N3O2/c1-9(11-7-16-8-11)14(18)17-13-10(6-15)4-3-5-12(13)19-2/h3-5,9,11,16H,7-8H2,1-2H3,(H,17,18). The van der Waals surface area contributed by atoms with E-state index in [0.29, 0.717) is 22.9 Å². The average molecular weight is 259 g/mol. The molecule has 1 fully saturated rings. The van der Waals surface area contributed by atoms with Crippen molar-refractivity contribution in [3.63, 3.8) is 0 Å². The molecule has 1 unspecified atom stereocenters. The third kappa shape index (κ3) is 2.69. The third-order valence-corrected chi connectivity index (χ3v) is 3.55. The van der Waals surface area contributed by atoms with Crippen molar-refractivity contribution in [3.8, 4) is 11.8 Å². The van der Waals surface area contributed by atoms with E-state index >= 15 is 0 Å². The summed E-state index contributed by atoms with van der Waals surface area (Å²) in [6.07, 6.45) is 0. The quantitative estimate of drug-likeness (QED) is 0.856. The lowest BCUT2D eigenvalue weighted by Gasteiger charge is -2.31. The summed E-state index contributed by atoms with van der Waals surface area (Å²) in [6, 6.07) is 7.18. The second-order valence-electron chi connectivity index (χ2n) is 4.69. The number of anilines is 1. The van der Waals surface area contributed by atoms with Gasteiger partial charge in [-0.15, -0.1) is 0 Å². The minimum atomic E-state index is -0.0855. The maximum atomic E-state index is 12.2. The van der Waals surface area contributed by atoms with E-state index in [-0.39, 0.29) is 11.8 Å². The molecule has 1 aromatic carbocycles. The molecule has 1 amide bonds. The fraction of sp³-hybridized carbons (Fsp3) is 0.429. The highest BCUT2D eigenvalue weighted by Crippen LogP contribution is 2.29. The summed E-state index contributed by atoms with van der Waals surface area (Å²) in [7, 11) is 1.52. The first kappa shape index (κ1) is 13.4. The molecule has 0 radical (unpaired) electrons. The van der Waals surface area contributed by atoms with Gasteiger partial charge >= 0.3 is 0 Å². The van der Waals surface area contributed by atoms with Crippen molar-refractivity contribution in [2.45, 2.75) is 6.92 Å². The van der Waals surface area contributed by atoms with Crippen LogP contribution in [0.15, 0.2) is 18.2 Å². The third-order valence-electron chi connectivity index (χ3n) is 3.55. The summed E-state index contributed by atoms with van der Waals surface area (Å²) in [5, 5.41) is 15.1. The number of nitrogens with zero attached hydrogens (tertiary/aromatic N) is 1. The van der Waals surface area contributed by atoms with Crippen LogP contribution in [0.5, 0.6) is 5.75 Å². The van der Waals surface area contributed by atoms with Crippen LogP contribution in [-0.2, 0) is 4.79 Å². The molecule has 2 rings (SSSR count). The molecular formula is C14H17N3O2. The van der Waals surface area contributed by atoms with E-state index in [1.54, 1.807) is 18.2 Å². The van der Waals surface area contributed by atoms with Gasteiger partial charge in [0.05, 0.1) is 12.7 Å². The van der Waals surface area contributed by atoms with E-state index < -0.39 is 0 Å². The number of carbonyl (C=O) groups is 1. The number of para-hydroxylation sites is 1. The lowest BCUT2D eigenvalue weighted by atomic mass is 9.88. The zero-order valence-corrected chi connectivity index (χ0v) is 11.1. The topological polar surface area (TPSA) is 74.1 Å². The van der Waals surface area contributed by atoms with E-state index in [4.69, 9.17) is 10.00 Å². The van der Waals surface area contributed by atoms with Crippen molar-refractivity contribution in [1.29, 1.82) is 5.26 Å². The molecule has 0 saturated carbocycles.